The van der Waals surface area contributed by atoms with Crippen LogP contribution in [0.3, 0.4) is 0 Å². The first-order chi connectivity index (χ1) is 10.6. The molecule has 1 aromatic carbocycles. The number of nitrogens with zero attached hydrogens (tertiary/aromatic N) is 1. The number of anilines is 1. The van der Waals surface area contributed by atoms with Crippen molar-refractivity contribution < 1.29 is 9.53 Å². The lowest BCUT2D eigenvalue weighted by molar-refractivity contribution is -0.117. The second-order valence-corrected chi connectivity index (χ2v) is 5.38. The van der Waals surface area contributed by atoms with Gasteiger partial charge in [0.05, 0.1) is 13.2 Å². The van der Waals surface area contributed by atoms with Gasteiger partial charge in [-0.1, -0.05) is 34.1 Å². The minimum atomic E-state index is 0.0399. The number of rotatable bonds is 10. The standard InChI is InChI=1S/C18H30N2O2/c1-5-9-12-22-16-10-11-17(15(6-2)13-16)19-18(21)14-20(7-3)8-4/h10-11,13H,5-9,12,14H2,1-4H3,(H,19,21). The fourth-order valence-electron chi connectivity index (χ4n) is 2.25. The van der Waals surface area contributed by atoms with Crippen LogP contribution >= 0.6 is 0 Å². The Balaban J connectivity index is 2.68. The molecule has 4 nitrogen and oxygen atoms in total. The number of ether oxygens (including phenoxy) is 1. The summed E-state index contributed by atoms with van der Waals surface area (Å²) in [6, 6.07) is 5.91. The van der Waals surface area contributed by atoms with Crippen molar-refractivity contribution in [2.45, 2.75) is 47.0 Å². The maximum absolute atomic E-state index is 12.1. The van der Waals surface area contributed by atoms with Gasteiger partial charge >= 0.3 is 0 Å². The van der Waals surface area contributed by atoms with Gasteiger partial charge in [-0.15, -0.1) is 0 Å². The fraction of sp³-hybridized carbons (Fsp3) is 0.611. The molecule has 4 heteroatoms. The van der Waals surface area contributed by atoms with Gasteiger partial charge in [0.1, 0.15) is 5.75 Å². The number of unbranched alkanes of at least 4 members (excludes halogenated alkanes) is 1. The second kappa shape index (κ2) is 10.2. The first kappa shape index (κ1) is 18.5. The molecule has 0 fully saturated rings. The summed E-state index contributed by atoms with van der Waals surface area (Å²) in [6.07, 6.45) is 3.05. The van der Waals surface area contributed by atoms with Gasteiger partial charge in [0, 0.05) is 5.69 Å². The van der Waals surface area contributed by atoms with E-state index in [1.165, 1.54) is 0 Å². The maximum atomic E-state index is 12.1. The van der Waals surface area contributed by atoms with Gasteiger partial charge in [-0.05, 0) is 49.7 Å². The lowest BCUT2D eigenvalue weighted by atomic mass is 10.1. The number of aryl methyl sites for hydroxylation is 1. The zero-order valence-electron chi connectivity index (χ0n) is 14.4. The third kappa shape index (κ3) is 6.06. The van der Waals surface area contributed by atoms with Crippen molar-refractivity contribution in [3.8, 4) is 5.75 Å². The van der Waals surface area contributed by atoms with Crippen LogP contribution in [0, 0.1) is 0 Å². The van der Waals surface area contributed by atoms with E-state index in [0.29, 0.717) is 6.54 Å². The molecule has 0 aromatic heterocycles. The summed E-state index contributed by atoms with van der Waals surface area (Å²) in [6.45, 7) is 11.3. The molecule has 1 amide bonds. The molecule has 0 radical (unpaired) electrons. The zero-order valence-corrected chi connectivity index (χ0v) is 14.4. The van der Waals surface area contributed by atoms with Crippen LogP contribution in [0.1, 0.15) is 46.1 Å². The van der Waals surface area contributed by atoms with Crippen molar-refractivity contribution in [1.29, 1.82) is 0 Å². The number of likely N-dealkylation sites (N-methyl/N-ethyl adjacent to an activating group) is 1. The van der Waals surface area contributed by atoms with Crippen molar-refractivity contribution in [2.24, 2.45) is 0 Å². The van der Waals surface area contributed by atoms with Crippen molar-refractivity contribution in [3.63, 3.8) is 0 Å². The Kier molecular flexibility index (Phi) is 8.60. The number of benzene rings is 1. The van der Waals surface area contributed by atoms with Crippen molar-refractivity contribution >= 4 is 11.6 Å². The maximum Gasteiger partial charge on any atom is 0.238 e. The quantitative estimate of drug-likeness (QED) is 0.670. The summed E-state index contributed by atoms with van der Waals surface area (Å²) in [5, 5.41) is 3.02. The van der Waals surface area contributed by atoms with Crippen LogP contribution in [0.25, 0.3) is 0 Å². The molecule has 0 atom stereocenters. The topological polar surface area (TPSA) is 41.6 Å². The SMILES string of the molecule is CCCCOc1ccc(NC(=O)CN(CC)CC)c(CC)c1. The summed E-state index contributed by atoms with van der Waals surface area (Å²) >= 11 is 0. The average molecular weight is 306 g/mol. The van der Waals surface area contributed by atoms with E-state index in [0.717, 1.165) is 56.0 Å². The molecule has 0 aliphatic heterocycles. The van der Waals surface area contributed by atoms with Crippen molar-refractivity contribution in [3.05, 3.63) is 23.8 Å². The molecule has 0 saturated carbocycles. The summed E-state index contributed by atoms with van der Waals surface area (Å²) < 4.78 is 5.73. The Morgan fingerprint density at radius 2 is 1.91 bits per heavy atom. The molecule has 0 aliphatic rings. The number of amides is 1. The van der Waals surface area contributed by atoms with E-state index < -0.39 is 0 Å². The highest BCUT2D eigenvalue weighted by atomic mass is 16.5. The average Bonchev–Trinajstić information content (AvgIpc) is 2.54. The Bertz CT molecular complexity index is 456. The molecule has 0 aliphatic carbocycles. The second-order valence-electron chi connectivity index (χ2n) is 5.38. The third-order valence-corrected chi connectivity index (χ3v) is 3.76. The number of carbonyl (C=O) groups excluding carboxylic acids is 1. The van der Waals surface area contributed by atoms with Crippen LogP contribution < -0.4 is 10.1 Å². The van der Waals surface area contributed by atoms with E-state index in [2.05, 4.69) is 37.9 Å². The summed E-state index contributed by atoms with van der Waals surface area (Å²) in [5.41, 5.74) is 2.00. The van der Waals surface area contributed by atoms with Gasteiger partial charge in [-0.25, -0.2) is 0 Å². The van der Waals surface area contributed by atoms with Crippen molar-refractivity contribution in [1.82, 2.24) is 4.90 Å². The van der Waals surface area contributed by atoms with Crippen LogP contribution in [-0.2, 0) is 11.2 Å². The van der Waals surface area contributed by atoms with Crippen LogP contribution in [0.4, 0.5) is 5.69 Å². The third-order valence-electron chi connectivity index (χ3n) is 3.76. The Labute approximate surface area is 134 Å². The molecule has 0 spiro atoms. The predicted molar refractivity (Wildman–Crippen MR) is 92.6 cm³/mol. The van der Waals surface area contributed by atoms with E-state index in [1.807, 2.05) is 18.2 Å². The van der Waals surface area contributed by atoms with Gasteiger partial charge in [-0.2, -0.15) is 0 Å². The fourth-order valence-corrected chi connectivity index (χ4v) is 2.25. The summed E-state index contributed by atoms with van der Waals surface area (Å²) in [7, 11) is 0. The lowest BCUT2D eigenvalue weighted by Crippen LogP contribution is -2.33. The zero-order chi connectivity index (χ0) is 16.4. The van der Waals surface area contributed by atoms with Gasteiger partial charge in [0.2, 0.25) is 5.91 Å². The molecule has 1 aromatic rings. The van der Waals surface area contributed by atoms with Crippen LogP contribution in [0.5, 0.6) is 5.75 Å². The number of nitrogens with one attached hydrogen (secondary N) is 1. The first-order valence-corrected chi connectivity index (χ1v) is 8.42. The highest BCUT2D eigenvalue weighted by molar-refractivity contribution is 5.93. The molecular formula is C18H30N2O2. The van der Waals surface area contributed by atoms with Gasteiger partial charge in [0.25, 0.3) is 0 Å². The van der Waals surface area contributed by atoms with Crippen LogP contribution in [-0.4, -0.2) is 37.0 Å². The Morgan fingerprint density at radius 1 is 1.18 bits per heavy atom. The molecule has 0 saturated heterocycles. The number of hydrogen-bond acceptors (Lipinski definition) is 3. The number of carbonyl (C=O) groups is 1. The van der Waals surface area contributed by atoms with E-state index in [4.69, 9.17) is 4.74 Å². The predicted octanol–water partition coefficient (Wildman–Crippen LogP) is 3.71. The summed E-state index contributed by atoms with van der Waals surface area (Å²) in [4.78, 5) is 14.2. The largest absolute Gasteiger partial charge is 0.494 e. The normalized spacial score (nSPS) is 10.8. The van der Waals surface area contributed by atoms with Crippen molar-refractivity contribution in [2.75, 3.05) is 31.6 Å². The van der Waals surface area contributed by atoms with E-state index in [-0.39, 0.29) is 5.91 Å². The minimum Gasteiger partial charge on any atom is -0.494 e. The van der Waals surface area contributed by atoms with Crippen LogP contribution in [0.2, 0.25) is 0 Å². The molecule has 0 unspecified atom stereocenters. The first-order valence-electron chi connectivity index (χ1n) is 8.42. The molecular weight excluding hydrogens is 276 g/mol. The molecule has 0 heterocycles. The Morgan fingerprint density at radius 3 is 2.50 bits per heavy atom. The molecule has 124 valence electrons. The molecule has 1 rings (SSSR count). The van der Waals surface area contributed by atoms with E-state index in [1.54, 1.807) is 0 Å². The highest BCUT2D eigenvalue weighted by Crippen LogP contribution is 2.23. The summed E-state index contributed by atoms with van der Waals surface area (Å²) in [5.74, 6) is 0.921. The minimum absolute atomic E-state index is 0.0399. The van der Waals surface area contributed by atoms with Gasteiger partial charge < -0.3 is 10.1 Å². The molecule has 0 bridgehead atoms. The van der Waals surface area contributed by atoms with Gasteiger partial charge in [-0.3, -0.25) is 9.69 Å². The monoisotopic (exact) mass is 306 g/mol. The molecule has 1 N–H and O–H groups in total. The highest BCUT2D eigenvalue weighted by Gasteiger charge is 2.10. The van der Waals surface area contributed by atoms with Gasteiger partial charge in [0.15, 0.2) is 0 Å². The number of hydrogen-bond donors (Lipinski definition) is 1. The molecule has 22 heavy (non-hydrogen) atoms. The van der Waals surface area contributed by atoms with E-state index >= 15 is 0 Å². The Hall–Kier alpha value is -1.55. The smallest absolute Gasteiger partial charge is 0.238 e. The lowest BCUT2D eigenvalue weighted by Gasteiger charge is -2.18. The van der Waals surface area contributed by atoms with Crippen LogP contribution in [0.15, 0.2) is 18.2 Å². The van der Waals surface area contributed by atoms with E-state index in [9.17, 15) is 4.79 Å².